The number of rotatable bonds is 10. The SMILES string of the molecule is CCCS(=O)(=O)Nc1cccc(-c2nc(C3CCOCC3)sc2-c2ccnc(NCC(C)(C)O)n2)c1Cl. The summed E-state index contributed by atoms with van der Waals surface area (Å²) >= 11 is 8.33. The van der Waals surface area contributed by atoms with Gasteiger partial charge in [-0.25, -0.2) is 23.4 Å². The molecule has 1 aliphatic rings. The van der Waals surface area contributed by atoms with Gasteiger partial charge in [0.15, 0.2) is 0 Å². The minimum absolute atomic E-state index is 0.00473. The van der Waals surface area contributed by atoms with Gasteiger partial charge >= 0.3 is 0 Å². The molecule has 0 aliphatic carbocycles. The lowest BCUT2D eigenvalue weighted by molar-refractivity contribution is 0.0853. The second-order valence-electron chi connectivity index (χ2n) is 9.64. The van der Waals surface area contributed by atoms with E-state index in [1.54, 1.807) is 43.5 Å². The lowest BCUT2D eigenvalue weighted by Gasteiger charge is -2.19. The molecule has 3 N–H and O–H groups in total. The fourth-order valence-electron chi connectivity index (χ4n) is 3.96. The molecule has 1 aromatic carbocycles. The summed E-state index contributed by atoms with van der Waals surface area (Å²) < 4.78 is 33.0. The molecule has 4 rings (SSSR count). The number of aliphatic hydroxyl groups is 1. The summed E-state index contributed by atoms with van der Waals surface area (Å²) in [5, 5.41) is 14.4. The van der Waals surface area contributed by atoms with E-state index < -0.39 is 15.6 Å². The monoisotopic (exact) mass is 565 g/mol. The number of hydrogen-bond acceptors (Lipinski definition) is 9. The van der Waals surface area contributed by atoms with Crippen molar-refractivity contribution in [2.75, 3.05) is 35.6 Å². The first-order valence-electron chi connectivity index (χ1n) is 12.2. The number of nitrogens with zero attached hydrogens (tertiary/aromatic N) is 3. The van der Waals surface area contributed by atoms with E-state index in [0.29, 0.717) is 48.2 Å². The summed E-state index contributed by atoms with van der Waals surface area (Å²) in [6, 6.07) is 7.05. The molecule has 0 amide bonds. The number of halogens is 1. The zero-order valence-corrected chi connectivity index (χ0v) is 23.5. The molecule has 3 aromatic rings. The Morgan fingerprint density at radius 1 is 1.22 bits per heavy atom. The van der Waals surface area contributed by atoms with Gasteiger partial charge in [0.05, 0.1) is 43.3 Å². The van der Waals surface area contributed by atoms with E-state index in [4.69, 9.17) is 21.3 Å². The molecule has 0 bridgehead atoms. The largest absolute Gasteiger partial charge is 0.389 e. The van der Waals surface area contributed by atoms with Crippen LogP contribution in [0.15, 0.2) is 30.5 Å². The number of anilines is 2. The molecule has 9 nitrogen and oxygen atoms in total. The first kappa shape index (κ1) is 27.7. The van der Waals surface area contributed by atoms with E-state index in [2.05, 4.69) is 20.0 Å². The molecule has 37 heavy (non-hydrogen) atoms. The van der Waals surface area contributed by atoms with Crippen LogP contribution in [0, 0.1) is 0 Å². The third-order valence-electron chi connectivity index (χ3n) is 5.77. The number of benzene rings is 1. The summed E-state index contributed by atoms with van der Waals surface area (Å²) in [5.41, 5.74) is 1.30. The Morgan fingerprint density at radius 3 is 2.68 bits per heavy atom. The van der Waals surface area contributed by atoms with Gasteiger partial charge in [0.2, 0.25) is 16.0 Å². The van der Waals surface area contributed by atoms with Gasteiger partial charge in [-0.2, -0.15) is 0 Å². The number of ether oxygens (including phenoxy) is 1. The second kappa shape index (κ2) is 11.6. The van der Waals surface area contributed by atoms with E-state index >= 15 is 0 Å². The van der Waals surface area contributed by atoms with Gasteiger partial charge < -0.3 is 15.2 Å². The van der Waals surface area contributed by atoms with Crippen molar-refractivity contribution in [1.29, 1.82) is 0 Å². The Labute approximate surface area is 226 Å². The van der Waals surface area contributed by atoms with Crippen molar-refractivity contribution in [3.63, 3.8) is 0 Å². The molecular weight excluding hydrogens is 534 g/mol. The van der Waals surface area contributed by atoms with Crippen molar-refractivity contribution in [1.82, 2.24) is 15.0 Å². The highest BCUT2D eigenvalue weighted by Crippen LogP contribution is 2.44. The summed E-state index contributed by atoms with van der Waals surface area (Å²) in [6.07, 6.45) is 3.90. The Hall–Kier alpha value is -2.31. The average molecular weight is 566 g/mol. The van der Waals surface area contributed by atoms with Crippen LogP contribution >= 0.6 is 22.9 Å². The molecule has 0 unspecified atom stereocenters. The Bertz CT molecular complexity index is 1340. The minimum Gasteiger partial charge on any atom is -0.389 e. The quantitative estimate of drug-likeness (QED) is 0.308. The molecule has 0 saturated carbocycles. The number of hydrogen-bond donors (Lipinski definition) is 3. The van der Waals surface area contributed by atoms with E-state index in [1.165, 1.54) is 0 Å². The van der Waals surface area contributed by atoms with Crippen LogP contribution in [-0.2, 0) is 14.8 Å². The lowest BCUT2D eigenvalue weighted by Crippen LogP contribution is -2.29. The highest BCUT2D eigenvalue weighted by Gasteiger charge is 2.26. The maximum Gasteiger partial charge on any atom is 0.232 e. The number of aromatic nitrogens is 3. The lowest BCUT2D eigenvalue weighted by atomic mass is 10.0. The summed E-state index contributed by atoms with van der Waals surface area (Å²) in [6.45, 7) is 6.87. The fraction of sp³-hybridized carbons (Fsp3) is 0.480. The zero-order chi connectivity index (χ0) is 26.6. The highest BCUT2D eigenvalue weighted by molar-refractivity contribution is 7.92. The van der Waals surface area contributed by atoms with Crippen LogP contribution in [0.4, 0.5) is 11.6 Å². The number of nitrogens with one attached hydrogen (secondary N) is 2. The van der Waals surface area contributed by atoms with E-state index in [0.717, 1.165) is 22.7 Å². The van der Waals surface area contributed by atoms with Gasteiger partial charge in [-0.1, -0.05) is 30.7 Å². The van der Waals surface area contributed by atoms with Crippen molar-refractivity contribution >= 4 is 44.6 Å². The topological polar surface area (TPSA) is 126 Å². The maximum atomic E-state index is 12.4. The first-order valence-corrected chi connectivity index (χ1v) is 15.1. The van der Waals surface area contributed by atoms with Crippen molar-refractivity contribution in [2.45, 2.75) is 51.6 Å². The molecular formula is C25H32ClN5O4S2. The molecule has 0 atom stereocenters. The molecule has 1 saturated heterocycles. The van der Waals surface area contributed by atoms with Crippen molar-refractivity contribution in [3.05, 3.63) is 40.5 Å². The molecule has 1 aliphatic heterocycles. The predicted octanol–water partition coefficient (Wildman–Crippen LogP) is 5.15. The van der Waals surface area contributed by atoms with E-state index in [-0.39, 0.29) is 23.2 Å². The van der Waals surface area contributed by atoms with Crippen molar-refractivity contribution in [2.24, 2.45) is 0 Å². The van der Waals surface area contributed by atoms with Crippen LogP contribution in [0.2, 0.25) is 5.02 Å². The fourth-order valence-corrected chi connectivity index (χ4v) is 6.64. The third kappa shape index (κ3) is 7.17. The van der Waals surface area contributed by atoms with Crippen LogP contribution in [0.5, 0.6) is 0 Å². The minimum atomic E-state index is -3.52. The maximum absolute atomic E-state index is 12.4. The van der Waals surface area contributed by atoms with Crippen LogP contribution in [0.1, 0.15) is 51.0 Å². The standard InChI is InChI=1S/C25H32ClN5O4S2/c1-4-14-37(33,34)31-18-7-5-6-17(20(18)26)21-22(36-23(30-21)16-9-12-35-13-10-16)19-8-11-27-24(29-19)28-15-25(2,3)32/h5-8,11,16,31-32H,4,9-10,12-15H2,1-3H3,(H,27,28,29). The van der Waals surface area contributed by atoms with E-state index in [9.17, 15) is 13.5 Å². The Kier molecular flexibility index (Phi) is 8.70. The number of sulfonamides is 1. The van der Waals surface area contributed by atoms with Gasteiger partial charge in [0.25, 0.3) is 0 Å². The van der Waals surface area contributed by atoms with Crippen LogP contribution in [0.3, 0.4) is 0 Å². The normalized spacial score (nSPS) is 15.1. The van der Waals surface area contributed by atoms with Crippen LogP contribution in [-0.4, -0.2) is 59.6 Å². The average Bonchev–Trinajstić information content (AvgIpc) is 3.30. The first-order chi connectivity index (χ1) is 17.6. The second-order valence-corrected chi connectivity index (χ2v) is 12.9. The Balaban J connectivity index is 1.78. The number of thiazole rings is 1. The molecule has 1 fully saturated rings. The summed E-state index contributed by atoms with van der Waals surface area (Å²) in [5.74, 6) is 0.648. The smallest absolute Gasteiger partial charge is 0.232 e. The summed E-state index contributed by atoms with van der Waals surface area (Å²) in [7, 11) is -3.52. The van der Waals surface area contributed by atoms with Gasteiger partial charge in [0, 0.05) is 37.4 Å². The van der Waals surface area contributed by atoms with Gasteiger partial charge in [0.1, 0.15) is 0 Å². The van der Waals surface area contributed by atoms with E-state index in [1.807, 2.05) is 19.1 Å². The zero-order valence-electron chi connectivity index (χ0n) is 21.1. The third-order valence-corrected chi connectivity index (χ3v) is 8.90. The predicted molar refractivity (Wildman–Crippen MR) is 149 cm³/mol. The van der Waals surface area contributed by atoms with Crippen molar-refractivity contribution in [3.8, 4) is 21.8 Å². The van der Waals surface area contributed by atoms with Crippen molar-refractivity contribution < 1.29 is 18.3 Å². The molecule has 2 aromatic heterocycles. The molecule has 12 heteroatoms. The summed E-state index contributed by atoms with van der Waals surface area (Å²) in [4.78, 5) is 14.8. The molecule has 0 radical (unpaired) electrons. The van der Waals surface area contributed by atoms with Crippen LogP contribution in [0.25, 0.3) is 21.8 Å². The van der Waals surface area contributed by atoms with Gasteiger partial charge in [-0.3, -0.25) is 4.72 Å². The Morgan fingerprint density at radius 2 is 1.97 bits per heavy atom. The highest BCUT2D eigenvalue weighted by atomic mass is 35.5. The van der Waals surface area contributed by atoms with Gasteiger partial charge in [-0.15, -0.1) is 11.3 Å². The molecule has 3 heterocycles. The molecule has 200 valence electrons. The van der Waals surface area contributed by atoms with Gasteiger partial charge in [-0.05, 0) is 45.2 Å². The van der Waals surface area contributed by atoms with Crippen LogP contribution < -0.4 is 10.0 Å². The molecule has 0 spiro atoms.